The molecule has 0 bridgehead atoms. The van der Waals surface area contributed by atoms with Gasteiger partial charge in [-0.25, -0.2) is 0 Å². The van der Waals surface area contributed by atoms with Gasteiger partial charge in [-0.05, 0) is 78.3 Å². The molecule has 0 saturated carbocycles. The number of carbonyl (C=O) groups excluding carboxylic acids is 1. The van der Waals surface area contributed by atoms with Crippen molar-refractivity contribution in [3.05, 3.63) is 76.3 Å². The number of aryl methyl sites for hydroxylation is 2. The summed E-state index contributed by atoms with van der Waals surface area (Å²) in [5.74, 6) is 1.11. The van der Waals surface area contributed by atoms with Crippen LogP contribution in [-0.2, 0) is 16.0 Å². The highest BCUT2D eigenvalue weighted by Crippen LogP contribution is 2.44. The molecule has 3 aromatic carbocycles. The molecule has 1 N–H and O–H groups in total. The van der Waals surface area contributed by atoms with E-state index in [1.165, 1.54) is 27.2 Å². The maximum absolute atomic E-state index is 11.9. The van der Waals surface area contributed by atoms with Crippen molar-refractivity contribution in [2.75, 3.05) is 27.3 Å². The molecule has 0 spiro atoms. The molecule has 0 fully saturated rings. The van der Waals surface area contributed by atoms with Gasteiger partial charge in [0.25, 0.3) is 5.91 Å². The molecule has 1 aliphatic heterocycles. The van der Waals surface area contributed by atoms with Crippen molar-refractivity contribution >= 4 is 11.9 Å². The van der Waals surface area contributed by atoms with E-state index in [2.05, 4.69) is 32.0 Å². The van der Waals surface area contributed by atoms with Crippen LogP contribution in [0.3, 0.4) is 0 Å². The number of carbonyl (C=O) groups is 2. The van der Waals surface area contributed by atoms with Crippen LogP contribution in [0.2, 0.25) is 0 Å². The molecule has 1 aliphatic carbocycles. The van der Waals surface area contributed by atoms with Crippen molar-refractivity contribution in [1.29, 1.82) is 0 Å². The largest absolute Gasteiger partial charge is 0.492 e. The normalized spacial score (nSPS) is 17.4. The van der Waals surface area contributed by atoms with E-state index in [1.807, 2.05) is 30.3 Å². The number of likely N-dealkylation sites (N-methyl/N-ethyl adjacent to an activating group) is 1. The van der Waals surface area contributed by atoms with E-state index in [1.54, 1.807) is 14.1 Å². The molecule has 2 aliphatic rings. The van der Waals surface area contributed by atoms with E-state index >= 15 is 0 Å². The summed E-state index contributed by atoms with van der Waals surface area (Å²) >= 11 is 0. The molecule has 38 heavy (non-hydrogen) atoms. The van der Waals surface area contributed by atoms with Crippen molar-refractivity contribution in [3.8, 4) is 28.4 Å². The number of ether oxygens (including phenoxy) is 3. The van der Waals surface area contributed by atoms with E-state index in [0.29, 0.717) is 18.1 Å². The Labute approximate surface area is 222 Å². The first kappa shape index (κ1) is 25.6. The van der Waals surface area contributed by atoms with Gasteiger partial charge in [-0.1, -0.05) is 24.3 Å². The Kier molecular flexibility index (Phi) is 7.02. The van der Waals surface area contributed by atoms with Crippen molar-refractivity contribution in [2.24, 2.45) is 0 Å². The number of hydrogen-bond donors (Lipinski definition) is 1. The Morgan fingerprint density at radius 2 is 1.79 bits per heavy atom. The Morgan fingerprint density at radius 1 is 1.03 bits per heavy atom. The highest BCUT2D eigenvalue weighted by molar-refractivity contribution is 5.78. The minimum absolute atomic E-state index is 0.0128. The molecule has 0 radical (unpaired) electrons. The van der Waals surface area contributed by atoms with Crippen LogP contribution in [0.15, 0.2) is 48.5 Å². The number of amides is 1. The smallest absolute Gasteiger partial charge is 0.304 e. The van der Waals surface area contributed by atoms with Gasteiger partial charge in [0.1, 0.15) is 23.4 Å². The Hall–Kier alpha value is -4.00. The number of carboxylic acids is 1. The molecular weight excluding hydrogens is 482 g/mol. The standard InChI is InChI=1S/C31H33NO6/c1-18-12-22(36-17-29(33)32(3)4)13-19(2)31(18)26-7-5-6-25-24(26)10-11-27(25)38-21-8-9-23-20(14-30(34)35)16-37-28(23)15-21/h5-9,12-13,15,20,27H,10-11,14,16-17H2,1-4H3,(H,34,35)/t20-,27-/m1/s1. The lowest BCUT2D eigenvalue weighted by Crippen LogP contribution is -2.27. The molecule has 5 rings (SSSR count). The van der Waals surface area contributed by atoms with E-state index in [0.717, 1.165) is 35.3 Å². The molecule has 1 amide bonds. The second kappa shape index (κ2) is 10.4. The summed E-state index contributed by atoms with van der Waals surface area (Å²) in [6, 6.07) is 16.1. The van der Waals surface area contributed by atoms with Crippen molar-refractivity contribution in [1.82, 2.24) is 4.90 Å². The zero-order chi connectivity index (χ0) is 27.0. The summed E-state index contributed by atoms with van der Waals surface area (Å²) in [5.41, 5.74) is 7.99. The van der Waals surface area contributed by atoms with Gasteiger partial charge in [0, 0.05) is 31.6 Å². The summed E-state index contributed by atoms with van der Waals surface area (Å²) in [6.07, 6.45) is 1.77. The van der Waals surface area contributed by atoms with Crippen molar-refractivity contribution in [3.63, 3.8) is 0 Å². The lowest BCUT2D eigenvalue weighted by molar-refractivity contribution is -0.137. The fourth-order valence-corrected chi connectivity index (χ4v) is 5.55. The Balaban J connectivity index is 1.36. The lowest BCUT2D eigenvalue weighted by Gasteiger charge is -2.19. The van der Waals surface area contributed by atoms with Crippen LogP contribution in [0.4, 0.5) is 0 Å². The lowest BCUT2D eigenvalue weighted by atomic mass is 9.90. The summed E-state index contributed by atoms with van der Waals surface area (Å²) in [6.45, 7) is 4.55. The minimum atomic E-state index is -0.822. The Bertz CT molecular complexity index is 1370. The van der Waals surface area contributed by atoms with Gasteiger partial charge in [0.2, 0.25) is 0 Å². The second-order valence-electron chi connectivity index (χ2n) is 10.3. The number of aliphatic carboxylic acids is 1. The summed E-state index contributed by atoms with van der Waals surface area (Å²) in [5, 5.41) is 9.15. The predicted molar refractivity (Wildman–Crippen MR) is 144 cm³/mol. The average molecular weight is 516 g/mol. The van der Waals surface area contributed by atoms with Crippen LogP contribution in [0.5, 0.6) is 17.2 Å². The van der Waals surface area contributed by atoms with Gasteiger partial charge in [0.05, 0.1) is 13.0 Å². The number of benzene rings is 3. The van der Waals surface area contributed by atoms with Crippen LogP contribution in [-0.4, -0.2) is 49.2 Å². The SMILES string of the molecule is Cc1cc(OCC(=O)N(C)C)cc(C)c1-c1cccc2c1CC[C@H]2Oc1ccc2c(c1)OC[C@H]2CC(=O)O. The molecule has 0 aromatic heterocycles. The Morgan fingerprint density at radius 3 is 2.50 bits per heavy atom. The topological polar surface area (TPSA) is 85.3 Å². The third-order valence-electron chi connectivity index (χ3n) is 7.42. The van der Waals surface area contributed by atoms with Gasteiger partial charge >= 0.3 is 5.97 Å². The number of rotatable bonds is 8. The summed E-state index contributed by atoms with van der Waals surface area (Å²) < 4.78 is 18.0. The average Bonchev–Trinajstić information content (AvgIpc) is 3.46. The highest BCUT2D eigenvalue weighted by Gasteiger charge is 2.30. The first-order chi connectivity index (χ1) is 18.2. The van der Waals surface area contributed by atoms with Crippen LogP contribution >= 0.6 is 0 Å². The fraction of sp³-hybridized carbons (Fsp3) is 0.355. The van der Waals surface area contributed by atoms with E-state index in [-0.39, 0.29) is 31.0 Å². The molecule has 0 unspecified atom stereocenters. The minimum Gasteiger partial charge on any atom is -0.492 e. The van der Waals surface area contributed by atoms with Crippen LogP contribution < -0.4 is 14.2 Å². The molecule has 7 heteroatoms. The molecule has 198 valence electrons. The first-order valence-corrected chi connectivity index (χ1v) is 12.9. The molecule has 1 heterocycles. The molecule has 3 aromatic rings. The monoisotopic (exact) mass is 515 g/mol. The van der Waals surface area contributed by atoms with Gasteiger partial charge in [-0.15, -0.1) is 0 Å². The maximum atomic E-state index is 11.9. The van der Waals surface area contributed by atoms with Gasteiger partial charge < -0.3 is 24.2 Å². The van der Waals surface area contributed by atoms with Gasteiger partial charge in [0.15, 0.2) is 6.61 Å². The summed E-state index contributed by atoms with van der Waals surface area (Å²) in [7, 11) is 3.43. The third-order valence-corrected chi connectivity index (χ3v) is 7.42. The number of carboxylic acid groups (broad SMARTS) is 1. The van der Waals surface area contributed by atoms with Gasteiger partial charge in [-0.2, -0.15) is 0 Å². The number of hydrogen-bond acceptors (Lipinski definition) is 5. The molecule has 7 nitrogen and oxygen atoms in total. The van der Waals surface area contributed by atoms with E-state index in [9.17, 15) is 9.59 Å². The van der Waals surface area contributed by atoms with Crippen LogP contribution in [0.1, 0.15) is 52.7 Å². The van der Waals surface area contributed by atoms with E-state index < -0.39 is 5.97 Å². The van der Waals surface area contributed by atoms with Crippen LogP contribution in [0, 0.1) is 13.8 Å². The van der Waals surface area contributed by atoms with E-state index in [4.69, 9.17) is 19.3 Å². The highest BCUT2D eigenvalue weighted by atomic mass is 16.5. The molecular formula is C31H33NO6. The third kappa shape index (κ3) is 5.05. The maximum Gasteiger partial charge on any atom is 0.304 e. The number of nitrogens with zero attached hydrogens (tertiary/aromatic N) is 1. The zero-order valence-corrected chi connectivity index (χ0v) is 22.2. The molecule has 0 saturated heterocycles. The van der Waals surface area contributed by atoms with Crippen LogP contribution in [0.25, 0.3) is 11.1 Å². The van der Waals surface area contributed by atoms with Crippen molar-refractivity contribution in [2.45, 2.75) is 45.1 Å². The zero-order valence-electron chi connectivity index (χ0n) is 22.2. The first-order valence-electron chi connectivity index (χ1n) is 12.9. The van der Waals surface area contributed by atoms with Crippen molar-refractivity contribution < 1.29 is 28.9 Å². The quantitative estimate of drug-likeness (QED) is 0.429. The number of fused-ring (bicyclic) bond motifs is 2. The second-order valence-corrected chi connectivity index (χ2v) is 10.3. The summed E-state index contributed by atoms with van der Waals surface area (Å²) in [4.78, 5) is 24.6. The fourth-order valence-electron chi connectivity index (χ4n) is 5.55. The molecule has 2 atom stereocenters. The predicted octanol–water partition coefficient (Wildman–Crippen LogP) is 5.45. The van der Waals surface area contributed by atoms with Gasteiger partial charge in [-0.3, -0.25) is 9.59 Å².